The second-order valence-corrected chi connectivity index (χ2v) is 5.21. The van der Waals surface area contributed by atoms with Crippen LogP contribution in [0.15, 0.2) is 0 Å². The zero-order chi connectivity index (χ0) is 15.3. The van der Waals surface area contributed by atoms with Gasteiger partial charge in [-0.05, 0) is 12.8 Å². The number of aliphatic carboxylic acids is 1. The van der Waals surface area contributed by atoms with Crippen LogP contribution in [0, 0.1) is 11.8 Å². The highest BCUT2D eigenvalue weighted by Gasteiger charge is 2.30. The summed E-state index contributed by atoms with van der Waals surface area (Å²) in [6, 6.07) is -0.244. The molecule has 0 aromatic heterocycles. The molecule has 2 amide bonds. The molecule has 7 nitrogen and oxygen atoms in total. The van der Waals surface area contributed by atoms with E-state index in [0.29, 0.717) is 19.4 Å². The lowest BCUT2D eigenvalue weighted by atomic mass is 9.98. The van der Waals surface area contributed by atoms with Crippen LogP contribution in [-0.2, 0) is 14.3 Å². The van der Waals surface area contributed by atoms with Gasteiger partial charge in [-0.2, -0.15) is 0 Å². The van der Waals surface area contributed by atoms with Gasteiger partial charge in [-0.15, -0.1) is 0 Å². The van der Waals surface area contributed by atoms with E-state index in [0.717, 1.165) is 0 Å². The number of carbonyl (C=O) groups is 3. The molecule has 0 saturated carbocycles. The Bertz CT molecular complexity index is 385. The first-order valence-corrected chi connectivity index (χ1v) is 6.67. The Kier molecular flexibility index (Phi) is 5.79. The molecule has 0 bridgehead atoms. The first kappa shape index (κ1) is 16.3. The van der Waals surface area contributed by atoms with Crippen molar-refractivity contribution >= 4 is 18.0 Å². The van der Waals surface area contributed by atoms with Gasteiger partial charge in [-0.1, -0.05) is 6.92 Å². The quantitative estimate of drug-likeness (QED) is 0.766. The van der Waals surface area contributed by atoms with Crippen molar-refractivity contribution in [3.05, 3.63) is 0 Å². The number of carbonyl (C=O) groups excluding carboxylic acids is 2. The molecule has 0 aromatic carbocycles. The Hall–Kier alpha value is -1.79. The molecule has 1 aliphatic rings. The van der Waals surface area contributed by atoms with Crippen molar-refractivity contribution in [2.75, 3.05) is 33.8 Å². The Morgan fingerprint density at radius 2 is 2.10 bits per heavy atom. The third kappa shape index (κ3) is 4.11. The van der Waals surface area contributed by atoms with Crippen LogP contribution in [0.1, 0.15) is 19.8 Å². The summed E-state index contributed by atoms with van der Waals surface area (Å²) in [5.41, 5.74) is 0. The number of rotatable bonds is 4. The van der Waals surface area contributed by atoms with Crippen LogP contribution >= 0.6 is 0 Å². The Morgan fingerprint density at radius 3 is 2.65 bits per heavy atom. The van der Waals surface area contributed by atoms with Gasteiger partial charge < -0.3 is 19.6 Å². The van der Waals surface area contributed by atoms with Gasteiger partial charge in [0.05, 0.1) is 18.9 Å². The van der Waals surface area contributed by atoms with Gasteiger partial charge in [0.2, 0.25) is 0 Å². The van der Waals surface area contributed by atoms with Crippen LogP contribution in [0.5, 0.6) is 0 Å². The van der Waals surface area contributed by atoms with Crippen molar-refractivity contribution in [2.45, 2.75) is 19.8 Å². The van der Waals surface area contributed by atoms with Gasteiger partial charge in [-0.3, -0.25) is 9.59 Å². The normalized spacial score (nSPS) is 20.1. The fourth-order valence-corrected chi connectivity index (χ4v) is 2.36. The van der Waals surface area contributed by atoms with E-state index < -0.39 is 17.8 Å². The largest absolute Gasteiger partial charge is 0.481 e. The summed E-state index contributed by atoms with van der Waals surface area (Å²) in [5, 5.41) is 9.01. The third-order valence-electron chi connectivity index (χ3n) is 3.52. The molecular weight excluding hydrogens is 264 g/mol. The number of hydrogen-bond acceptors (Lipinski definition) is 4. The number of hydrogen-bond donors (Lipinski definition) is 1. The minimum Gasteiger partial charge on any atom is -0.481 e. The molecule has 1 aliphatic heterocycles. The van der Waals surface area contributed by atoms with Crippen molar-refractivity contribution in [3.63, 3.8) is 0 Å². The zero-order valence-corrected chi connectivity index (χ0v) is 12.2. The van der Waals surface area contributed by atoms with E-state index >= 15 is 0 Å². The second-order valence-electron chi connectivity index (χ2n) is 5.21. The summed E-state index contributed by atoms with van der Waals surface area (Å²) in [4.78, 5) is 37.5. The summed E-state index contributed by atoms with van der Waals surface area (Å²) in [5.74, 6) is -2.15. The highest BCUT2D eigenvalue weighted by atomic mass is 16.5. The molecule has 0 aliphatic carbocycles. The lowest BCUT2D eigenvalue weighted by molar-refractivity contribution is -0.145. The number of amides is 2. The maximum absolute atomic E-state index is 12.2. The van der Waals surface area contributed by atoms with E-state index in [1.165, 1.54) is 16.9 Å². The molecule has 7 heteroatoms. The average molecular weight is 286 g/mol. The molecule has 1 unspecified atom stereocenters. The first-order valence-electron chi connectivity index (χ1n) is 6.67. The molecule has 1 N–H and O–H groups in total. The van der Waals surface area contributed by atoms with Crippen molar-refractivity contribution in [1.29, 1.82) is 0 Å². The molecule has 2 atom stereocenters. The maximum Gasteiger partial charge on any atom is 0.319 e. The lowest BCUT2D eigenvalue weighted by Gasteiger charge is -2.34. The number of carboxylic acids is 1. The van der Waals surface area contributed by atoms with Crippen LogP contribution in [-0.4, -0.2) is 66.7 Å². The van der Waals surface area contributed by atoms with Gasteiger partial charge in [0.1, 0.15) is 0 Å². The summed E-state index contributed by atoms with van der Waals surface area (Å²) in [7, 11) is 2.91. The van der Waals surface area contributed by atoms with Gasteiger partial charge >= 0.3 is 18.0 Å². The number of ether oxygens (including phenoxy) is 1. The van der Waals surface area contributed by atoms with Crippen molar-refractivity contribution < 1.29 is 24.2 Å². The van der Waals surface area contributed by atoms with Gasteiger partial charge in [-0.25, -0.2) is 4.79 Å². The van der Waals surface area contributed by atoms with Crippen LogP contribution in [0.3, 0.4) is 0 Å². The SMILES string of the molecule is COC(=O)C(C)CN(C)C(=O)N1CCC[C@H](C(=O)O)C1. The van der Waals surface area contributed by atoms with E-state index in [4.69, 9.17) is 5.11 Å². The number of carboxylic acid groups (broad SMARTS) is 1. The molecule has 1 fully saturated rings. The van der Waals surface area contributed by atoms with Crippen LogP contribution in [0.4, 0.5) is 4.79 Å². The Balaban J connectivity index is 2.55. The first-order chi connectivity index (χ1) is 9.36. The fourth-order valence-electron chi connectivity index (χ4n) is 2.36. The predicted octanol–water partition coefficient (Wildman–Crippen LogP) is 0.644. The van der Waals surface area contributed by atoms with Crippen molar-refractivity contribution in [2.24, 2.45) is 11.8 Å². The topological polar surface area (TPSA) is 87.2 Å². The van der Waals surface area contributed by atoms with E-state index in [2.05, 4.69) is 4.74 Å². The zero-order valence-electron chi connectivity index (χ0n) is 12.2. The number of esters is 1. The van der Waals surface area contributed by atoms with Crippen LogP contribution in [0.2, 0.25) is 0 Å². The molecule has 0 spiro atoms. The monoisotopic (exact) mass is 286 g/mol. The maximum atomic E-state index is 12.2. The summed E-state index contributed by atoms with van der Waals surface area (Å²) < 4.78 is 4.62. The summed E-state index contributed by atoms with van der Waals surface area (Å²) in [6.07, 6.45) is 1.28. The van der Waals surface area contributed by atoms with E-state index in [-0.39, 0.29) is 25.1 Å². The minimum absolute atomic E-state index is 0.227. The molecular formula is C13H22N2O5. The smallest absolute Gasteiger partial charge is 0.319 e. The van der Waals surface area contributed by atoms with Gasteiger partial charge in [0.25, 0.3) is 0 Å². The second kappa shape index (κ2) is 7.12. The Morgan fingerprint density at radius 1 is 1.45 bits per heavy atom. The molecule has 0 radical (unpaired) electrons. The van der Waals surface area contributed by atoms with Crippen LogP contribution < -0.4 is 0 Å². The highest BCUT2D eigenvalue weighted by molar-refractivity contribution is 5.78. The standard InChI is InChI=1S/C13H22N2O5/c1-9(12(18)20-3)7-14(2)13(19)15-6-4-5-10(8-15)11(16)17/h9-10H,4-8H2,1-3H3,(H,16,17)/t9?,10-/m0/s1. The van der Waals surface area contributed by atoms with Crippen molar-refractivity contribution in [3.8, 4) is 0 Å². The van der Waals surface area contributed by atoms with Crippen LogP contribution in [0.25, 0.3) is 0 Å². The average Bonchev–Trinajstić information content (AvgIpc) is 2.45. The number of nitrogens with zero attached hydrogens (tertiary/aromatic N) is 2. The minimum atomic E-state index is -0.868. The number of piperidine rings is 1. The molecule has 114 valence electrons. The molecule has 20 heavy (non-hydrogen) atoms. The van der Waals surface area contributed by atoms with E-state index in [1.54, 1.807) is 14.0 Å². The molecule has 1 heterocycles. The number of urea groups is 1. The summed E-state index contributed by atoms with van der Waals surface area (Å²) in [6.45, 7) is 2.72. The van der Waals surface area contributed by atoms with Crippen molar-refractivity contribution in [1.82, 2.24) is 9.80 Å². The highest BCUT2D eigenvalue weighted by Crippen LogP contribution is 2.18. The van der Waals surface area contributed by atoms with Gasteiger partial charge in [0.15, 0.2) is 0 Å². The lowest BCUT2D eigenvalue weighted by Crippen LogP contribution is -2.48. The fraction of sp³-hybridized carbons (Fsp3) is 0.769. The van der Waals surface area contributed by atoms with Gasteiger partial charge in [0, 0.05) is 26.7 Å². The molecule has 1 rings (SSSR count). The number of likely N-dealkylation sites (tertiary alicyclic amines) is 1. The molecule has 1 saturated heterocycles. The predicted molar refractivity (Wildman–Crippen MR) is 71.1 cm³/mol. The van der Waals surface area contributed by atoms with E-state index in [9.17, 15) is 14.4 Å². The number of methoxy groups -OCH3 is 1. The Labute approximate surface area is 118 Å². The van der Waals surface area contributed by atoms with E-state index in [1.807, 2.05) is 0 Å². The third-order valence-corrected chi connectivity index (χ3v) is 3.52. The molecule has 0 aromatic rings. The summed E-state index contributed by atoms with van der Waals surface area (Å²) >= 11 is 0.